The summed E-state index contributed by atoms with van der Waals surface area (Å²) in [5.41, 5.74) is 4.61. The monoisotopic (exact) mass is 371 g/mol. The summed E-state index contributed by atoms with van der Waals surface area (Å²) in [5.74, 6) is -1.05. The summed E-state index contributed by atoms with van der Waals surface area (Å²) < 4.78 is 0. The number of phenols is 1. The minimum Gasteiger partial charge on any atom is -0.507 e. The molecule has 0 spiro atoms. The van der Waals surface area contributed by atoms with E-state index in [4.69, 9.17) is 11.6 Å². The van der Waals surface area contributed by atoms with Gasteiger partial charge in [-0.25, -0.2) is 5.43 Å². The molecule has 2 aromatic rings. The number of anilines is 1. The lowest BCUT2D eigenvalue weighted by Crippen LogP contribution is -2.19. The first-order chi connectivity index (χ1) is 12.3. The van der Waals surface area contributed by atoms with Crippen molar-refractivity contribution < 1.29 is 14.7 Å². The summed E-state index contributed by atoms with van der Waals surface area (Å²) in [6.07, 6.45) is 0. The van der Waals surface area contributed by atoms with Crippen LogP contribution in [0.4, 0.5) is 5.69 Å². The van der Waals surface area contributed by atoms with Gasteiger partial charge in [-0.2, -0.15) is 5.10 Å². The number of halogens is 1. The molecule has 0 aromatic heterocycles. The fourth-order valence-electron chi connectivity index (χ4n) is 2.01. The van der Waals surface area contributed by atoms with Crippen LogP contribution < -0.4 is 10.7 Å². The molecule has 0 saturated heterocycles. The number of hydrogen-bond donors (Lipinski definition) is 3. The second-order valence-corrected chi connectivity index (χ2v) is 6.05. The van der Waals surface area contributed by atoms with E-state index in [0.29, 0.717) is 27.6 Å². The van der Waals surface area contributed by atoms with Crippen LogP contribution in [-0.2, 0) is 4.79 Å². The highest BCUT2D eigenvalue weighted by molar-refractivity contribution is 6.31. The molecule has 0 aliphatic heterocycles. The van der Waals surface area contributed by atoms with Crippen LogP contribution in [0.3, 0.4) is 0 Å². The highest BCUT2D eigenvalue weighted by Gasteiger charge is 2.11. The number of phenolic OH excluding ortho intramolecular Hbond substituents is 1. The zero-order valence-corrected chi connectivity index (χ0v) is 15.1. The Morgan fingerprint density at radius 3 is 2.58 bits per heavy atom. The van der Waals surface area contributed by atoms with Gasteiger partial charge in [-0.15, -0.1) is 0 Å². The summed E-state index contributed by atoms with van der Waals surface area (Å²) in [6.45, 7) is 6.91. The third kappa shape index (κ3) is 4.94. The maximum absolute atomic E-state index is 12.1. The lowest BCUT2D eigenvalue weighted by molar-refractivity contribution is -0.112. The molecule has 0 radical (unpaired) electrons. The molecule has 0 aliphatic carbocycles. The number of carbonyl (C=O) groups is 2. The van der Waals surface area contributed by atoms with E-state index in [0.717, 1.165) is 0 Å². The van der Waals surface area contributed by atoms with E-state index in [9.17, 15) is 14.7 Å². The molecule has 0 saturated carbocycles. The zero-order valence-electron chi connectivity index (χ0n) is 14.3. The van der Waals surface area contributed by atoms with Crippen molar-refractivity contribution in [2.75, 3.05) is 5.32 Å². The van der Waals surface area contributed by atoms with Crippen LogP contribution in [0.25, 0.3) is 0 Å². The van der Waals surface area contributed by atoms with Gasteiger partial charge in [0.25, 0.3) is 11.8 Å². The van der Waals surface area contributed by atoms with Gasteiger partial charge < -0.3 is 10.4 Å². The predicted octanol–water partition coefficient (Wildman–Crippen LogP) is 3.71. The second-order valence-electron chi connectivity index (χ2n) is 5.61. The Hall–Kier alpha value is -3.12. The Bertz CT molecular complexity index is 907. The van der Waals surface area contributed by atoms with E-state index < -0.39 is 5.91 Å². The number of aromatic hydroxyl groups is 1. The van der Waals surface area contributed by atoms with Crippen molar-refractivity contribution in [2.24, 2.45) is 5.10 Å². The molecule has 0 aliphatic rings. The van der Waals surface area contributed by atoms with Crippen LogP contribution in [0.1, 0.15) is 29.8 Å². The standard InChI is InChI=1S/C19H18ClN3O3/c1-11(2)18(25)21-15-6-4-5-13(9-15)12(3)22-23-19(26)16-10-14(20)7-8-17(16)24/h4-10,24H,1H2,2-3H3,(H,21,25)(H,23,26). The van der Waals surface area contributed by atoms with Crippen molar-refractivity contribution in [1.82, 2.24) is 5.43 Å². The number of carbonyl (C=O) groups excluding carboxylic acids is 2. The summed E-state index contributed by atoms with van der Waals surface area (Å²) in [7, 11) is 0. The molecular formula is C19H18ClN3O3. The maximum atomic E-state index is 12.1. The van der Waals surface area contributed by atoms with Crippen LogP contribution in [0.15, 0.2) is 59.7 Å². The molecule has 2 aromatic carbocycles. The van der Waals surface area contributed by atoms with E-state index in [1.54, 1.807) is 38.1 Å². The summed E-state index contributed by atoms with van der Waals surface area (Å²) in [4.78, 5) is 23.8. The number of amides is 2. The van der Waals surface area contributed by atoms with Crippen molar-refractivity contribution in [3.63, 3.8) is 0 Å². The van der Waals surface area contributed by atoms with Gasteiger partial charge in [0.15, 0.2) is 0 Å². The van der Waals surface area contributed by atoms with Gasteiger partial charge in [-0.1, -0.05) is 30.3 Å². The maximum Gasteiger partial charge on any atom is 0.275 e. The van der Waals surface area contributed by atoms with Gasteiger partial charge in [0, 0.05) is 16.3 Å². The second kappa shape index (κ2) is 8.31. The molecule has 3 N–H and O–H groups in total. The summed E-state index contributed by atoms with van der Waals surface area (Å²) >= 11 is 5.83. The van der Waals surface area contributed by atoms with Crippen molar-refractivity contribution >= 4 is 34.8 Å². The molecule has 0 fully saturated rings. The van der Waals surface area contributed by atoms with Crippen LogP contribution in [-0.4, -0.2) is 22.6 Å². The number of rotatable bonds is 5. The number of hydrogen-bond acceptors (Lipinski definition) is 4. The quantitative estimate of drug-likeness (QED) is 0.425. The summed E-state index contributed by atoms with van der Waals surface area (Å²) in [6, 6.07) is 11.2. The van der Waals surface area contributed by atoms with Crippen LogP contribution >= 0.6 is 11.6 Å². The molecule has 134 valence electrons. The zero-order chi connectivity index (χ0) is 19.3. The van der Waals surface area contributed by atoms with Crippen molar-refractivity contribution in [3.05, 3.63) is 70.8 Å². The number of nitrogens with zero attached hydrogens (tertiary/aromatic N) is 1. The number of nitrogens with one attached hydrogen (secondary N) is 2. The lowest BCUT2D eigenvalue weighted by Gasteiger charge is -2.08. The van der Waals surface area contributed by atoms with E-state index in [2.05, 4.69) is 22.4 Å². The molecule has 6 nitrogen and oxygen atoms in total. The molecule has 2 amide bonds. The summed E-state index contributed by atoms with van der Waals surface area (Å²) in [5, 5.41) is 16.8. The van der Waals surface area contributed by atoms with Gasteiger partial charge in [-0.3, -0.25) is 9.59 Å². The first-order valence-electron chi connectivity index (χ1n) is 7.68. The van der Waals surface area contributed by atoms with Gasteiger partial charge in [0.1, 0.15) is 5.75 Å². The average Bonchev–Trinajstić information content (AvgIpc) is 2.61. The molecule has 0 bridgehead atoms. The van der Waals surface area contributed by atoms with Crippen LogP contribution in [0, 0.1) is 0 Å². The highest BCUT2D eigenvalue weighted by atomic mass is 35.5. The Morgan fingerprint density at radius 2 is 1.88 bits per heavy atom. The van der Waals surface area contributed by atoms with Gasteiger partial charge in [0.2, 0.25) is 0 Å². The Kier molecular flexibility index (Phi) is 6.14. The van der Waals surface area contributed by atoms with Crippen molar-refractivity contribution in [1.29, 1.82) is 0 Å². The van der Waals surface area contributed by atoms with E-state index >= 15 is 0 Å². The van der Waals surface area contributed by atoms with Gasteiger partial charge in [0.05, 0.1) is 11.3 Å². The Labute approximate surface area is 156 Å². The molecule has 0 unspecified atom stereocenters. The van der Waals surface area contributed by atoms with E-state index in [-0.39, 0.29) is 17.2 Å². The fourth-order valence-corrected chi connectivity index (χ4v) is 2.18. The first kappa shape index (κ1) is 19.2. The minimum atomic E-state index is -0.587. The normalized spacial score (nSPS) is 11.0. The first-order valence-corrected chi connectivity index (χ1v) is 8.06. The van der Waals surface area contributed by atoms with Gasteiger partial charge in [-0.05, 0) is 49.7 Å². The van der Waals surface area contributed by atoms with Crippen molar-refractivity contribution in [3.8, 4) is 5.75 Å². The molecule has 7 heteroatoms. The molecule has 0 heterocycles. The third-order valence-corrected chi connectivity index (χ3v) is 3.69. The van der Waals surface area contributed by atoms with Crippen LogP contribution in [0.5, 0.6) is 5.75 Å². The third-order valence-electron chi connectivity index (χ3n) is 3.45. The minimum absolute atomic E-state index is 0.0246. The van der Waals surface area contributed by atoms with Gasteiger partial charge >= 0.3 is 0 Å². The predicted molar refractivity (Wildman–Crippen MR) is 103 cm³/mol. The van der Waals surface area contributed by atoms with E-state index in [1.807, 2.05) is 0 Å². The topological polar surface area (TPSA) is 90.8 Å². The average molecular weight is 372 g/mol. The van der Waals surface area contributed by atoms with Crippen molar-refractivity contribution in [2.45, 2.75) is 13.8 Å². The molecule has 26 heavy (non-hydrogen) atoms. The van der Waals surface area contributed by atoms with E-state index in [1.165, 1.54) is 18.2 Å². The lowest BCUT2D eigenvalue weighted by atomic mass is 10.1. The Balaban J connectivity index is 2.14. The molecular weight excluding hydrogens is 354 g/mol. The smallest absolute Gasteiger partial charge is 0.275 e. The largest absolute Gasteiger partial charge is 0.507 e. The Morgan fingerprint density at radius 1 is 1.15 bits per heavy atom. The SMILES string of the molecule is C=C(C)C(=O)Nc1cccc(C(C)=NNC(=O)c2cc(Cl)ccc2O)c1. The molecule has 2 rings (SSSR count). The molecule has 0 atom stereocenters. The van der Waals surface area contributed by atoms with Crippen LogP contribution in [0.2, 0.25) is 5.02 Å². The highest BCUT2D eigenvalue weighted by Crippen LogP contribution is 2.21. The number of benzene rings is 2. The fraction of sp³-hybridized carbons (Fsp3) is 0.105. The number of hydrazone groups is 1.